The molecule has 3 heterocycles. The molecule has 0 spiro atoms. The van der Waals surface area contributed by atoms with Crippen LogP contribution in [0.25, 0.3) is 10.9 Å². The van der Waals surface area contributed by atoms with E-state index in [2.05, 4.69) is 9.97 Å². The highest BCUT2D eigenvalue weighted by atomic mass is 16.5. The Labute approximate surface area is 121 Å². The topological polar surface area (TPSA) is 98.1 Å². The maximum Gasteiger partial charge on any atom is 0.268 e. The number of nitrogens with one attached hydrogen (secondary N) is 1. The average Bonchev–Trinajstić information content (AvgIpc) is 2.47. The second-order valence-corrected chi connectivity index (χ2v) is 5.45. The van der Waals surface area contributed by atoms with Gasteiger partial charge in [0.1, 0.15) is 5.69 Å². The molecule has 1 fully saturated rings. The van der Waals surface area contributed by atoms with E-state index < -0.39 is 5.91 Å². The lowest BCUT2D eigenvalue weighted by Crippen LogP contribution is -2.24. The molecule has 3 N–H and O–H groups in total. The first-order valence-corrected chi connectivity index (χ1v) is 6.99. The Morgan fingerprint density at radius 1 is 1.48 bits per heavy atom. The highest BCUT2D eigenvalue weighted by Gasteiger charge is 2.22. The molecule has 1 aliphatic heterocycles. The molecule has 0 radical (unpaired) electrons. The number of rotatable bonds is 2. The van der Waals surface area contributed by atoms with Crippen LogP contribution in [0, 0.1) is 0 Å². The number of hydrogen-bond donors (Lipinski definition) is 2. The minimum Gasteiger partial charge on any atom is -0.378 e. The van der Waals surface area contributed by atoms with E-state index in [1.54, 1.807) is 6.07 Å². The van der Waals surface area contributed by atoms with Crippen molar-refractivity contribution in [3.63, 3.8) is 0 Å². The van der Waals surface area contributed by atoms with Crippen molar-refractivity contribution in [3.8, 4) is 0 Å². The summed E-state index contributed by atoms with van der Waals surface area (Å²) in [5, 5.41) is 0.249. The van der Waals surface area contributed by atoms with E-state index in [9.17, 15) is 9.59 Å². The van der Waals surface area contributed by atoms with Gasteiger partial charge in [-0.05, 0) is 25.8 Å². The minimum absolute atomic E-state index is 0.00816. The van der Waals surface area contributed by atoms with Crippen LogP contribution in [-0.4, -0.2) is 28.6 Å². The molecule has 110 valence electrons. The summed E-state index contributed by atoms with van der Waals surface area (Å²) < 4.78 is 5.65. The zero-order chi connectivity index (χ0) is 15.0. The Balaban J connectivity index is 2.08. The summed E-state index contributed by atoms with van der Waals surface area (Å²) >= 11 is 0. The molecule has 0 saturated carbocycles. The predicted molar refractivity (Wildman–Crippen MR) is 78.3 cm³/mol. The molecular weight excluding hydrogens is 270 g/mol. The van der Waals surface area contributed by atoms with E-state index in [1.807, 2.05) is 6.92 Å². The van der Waals surface area contributed by atoms with E-state index in [-0.39, 0.29) is 28.5 Å². The number of primary amides is 1. The number of aromatic amines is 1. The van der Waals surface area contributed by atoms with Gasteiger partial charge in [0, 0.05) is 23.9 Å². The molecule has 1 amide bonds. The van der Waals surface area contributed by atoms with E-state index in [4.69, 9.17) is 10.5 Å². The summed E-state index contributed by atoms with van der Waals surface area (Å²) in [5.41, 5.74) is 6.46. The van der Waals surface area contributed by atoms with Crippen molar-refractivity contribution < 1.29 is 9.53 Å². The van der Waals surface area contributed by atoms with Crippen LogP contribution < -0.4 is 11.2 Å². The van der Waals surface area contributed by atoms with Crippen molar-refractivity contribution in [2.24, 2.45) is 5.73 Å². The van der Waals surface area contributed by atoms with Crippen LogP contribution in [0.4, 0.5) is 0 Å². The fourth-order valence-electron chi connectivity index (χ4n) is 2.76. The molecule has 2 aromatic heterocycles. The standard InChI is InChI=1S/C15H17N3O3/c1-8-2-3-9(7-21-8)11-6-12(19)13-10(18-11)4-5-17-14(13)15(16)20/h4-6,8-9H,2-3,7H2,1H3,(H2,16,20)(H,18,19). The van der Waals surface area contributed by atoms with Gasteiger partial charge in [-0.15, -0.1) is 0 Å². The largest absolute Gasteiger partial charge is 0.378 e. The van der Waals surface area contributed by atoms with Gasteiger partial charge in [-0.2, -0.15) is 0 Å². The maximum atomic E-state index is 12.3. The molecule has 1 saturated heterocycles. The molecule has 2 atom stereocenters. The number of nitrogens with zero attached hydrogens (tertiary/aromatic N) is 1. The van der Waals surface area contributed by atoms with E-state index in [0.717, 1.165) is 18.5 Å². The molecule has 2 aromatic rings. The SMILES string of the molecule is CC1CCC(c2cc(=O)c3c(C(N)=O)nccc3[nH]2)CO1. The molecule has 0 aromatic carbocycles. The van der Waals surface area contributed by atoms with Crippen LogP contribution in [0.2, 0.25) is 0 Å². The Bertz CT molecular complexity index is 745. The van der Waals surface area contributed by atoms with Crippen LogP contribution >= 0.6 is 0 Å². The van der Waals surface area contributed by atoms with Crippen molar-refractivity contribution in [2.75, 3.05) is 6.61 Å². The third kappa shape index (κ3) is 2.54. The lowest BCUT2D eigenvalue weighted by Gasteiger charge is -2.27. The fourth-order valence-corrected chi connectivity index (χ4v) is 2.76. The quantitative estimate of drug-likeness (QED) is 0.869. The van der Waals surface area contributed by atoms with Crippen molar-refractivity contribution in [3.05, 3.63) is 39.9 Å². The van der Waals surface area contributed by atoms with Gasteiger partial charge in [-0.1, -0.05) is 0 Å². The molecule has 21 heavy (non-hydrogen) atoms. The van der Waals surface area contributed by atoms with Crippen molar-refractivity contribution in [2.45, 2.75) is 31.8 Å². The van der Waals surface area contributed by atoms with Crippen LogP contribution in [0.3, 0.4) is 0 Å². The normalized spacial score (nSPS) is 22.3. The number of fused-ring (bicyclic) bond motifs is 1. The van der Waals surface area contributed by atoms with E-state index >= 15 is 0 Å². The summed E-state index contributed by atoms with van der Waals surface area (Å²) in [6, 6.07) is 3.21. The van der Waals surface area contributed by atoms with E-state index in [0.29, 0.717) is 12.1 Å². The van der Waals surface area contributed by atoms with Gasteiger partial charge in [-0.3, -0.25) is 14.6 Å². The molecule has 0 bridgehead atoms. The van der Waals surface area contributed by atoms with Gasteiger partial charge in [0.2, 0.25) is 0 Å². The monoisotopic (exact) mass is 287 g/mol. The van der Waals surface area contributed by atoms with Crippen molar-refractivity contribution in [1.29, 1.82) is 0 Å². The number of pyridine rings is 2. The van der Waals surface area contributed by atoms with Crippen LogP contribution in [0.1, 0.15) is 41.9 Å². The minimum atomic E-state index is -0.700. The maximum absolute atomic E-state index is 12.3. The Morgan fingerprint density at radius 3 is 2.95 bits per heavy atom. The fraction of sp³-hybridized carbons (Fsp3) is 0.400. The summed E-state index contributed by atoms with van der Waals surface area (Å²) in [6.07, 6.45) is 3.67. The second-order valence-electron chi connectivity index (χ2n) is 5.45. The van der Waals surface area contributed by atoms with Crippen LogP contribution in [-0.2, 0) is 4.74 Å². The summed E-state index contributed by atoms with van der Waals surface area (Å²) in [7, 11) is 0. The molecular formula is C15H17N3O3. The number of amides is 1. The molecule has 6 heteroatoms. The predicted octanol–water partition coefficient (Wildman–Crippen LogP) is 1.30. The van der Waals surface area contributed by atoms with Gasteiger partial charge < -0.3 is 15.5 Å². The van der Waals surface area contributed by atoms with Gasteiger partial charge in [-0.25, -0.2) is 0 Å². The average molecular weight is 287 g/mol. The number of aromatic nitrogens is 2. The smallest absolute Gasteiger partial charge is 0.268 e. The lowest BCUT2D eigenvalue weighted by molar-refractivity contribution is 0.0147. The first kappa shape index (κ1) is 13.8. The Hall–Kier alpha value is -2.21. The van der Waals surface area contributed by atoms with Gasteiger partial charge in [0.15, 0.2) is 5.43 Å². The molecule has 0 aliphatic carbocycles. The summed E-state index contributed by atoms with van der Waals surface area (Å²) in [4.78, 5) is 30.8. The number of ether oxygens (including phenoxy) is 1. The first-order valence-electron chi connectivity index (χ1n) is 6.99. The van der Waals surface area contributed by atoms with Crippen molar-refractivity contribution >= 4 is 16.8 Å². The van der Waals surface area contributed by atoms with Gasteiger partial charge in [0.05, 0.1) is 23.6 Å². The zero-order valence-corrected chi connectivity index (χ0v) is 11.8. The highest BCUT2D eigenvalue weighted by Crippen LogP contribution is 2.27. The lowest BCUT2D eigenvalue weighted by atomic mass is 9.95. The number of hydrogen-bond acceptors (Lipinski definition) is 4. The molecule has 1 aliphatic rings. The second kappa shape index (κ2) is 5.29. The van der Waals surface area contributed by atoms with Crippen molar-refractivity contribution in [1.82, 2.24) is 9.97 Å². The number of carbonyl (C=O) groups is 1. The highest BCUT2D eigenvalue weighted by molar-refractivity contribution is 6.03. The molecule has 3 rings (SSSR count). The molecule has 6 nitrogen and oxygen atoms in total. The van der Waals surface area contributed by atoms with E-state index in [1.165, 1.54) is 12.3 Å². The number of nitrogens with two attached hydrogens (primary N) is 1. The van der Waals surface area contributed by atoms with Gasteiger partial charge in [0.25, 0.3) is 5.91 Å². The zero-order valence-electron chi connectivity index (χ0n) is 11.8. The van der Waals surface area contributed by atoms with Gasteiger partial charge >= 0.3 is 0 Å². The number of H-pyrrole nitrogens is 1. The van der Waals surface area contributed by atoms with Crippen LogP contribution in [0.5, 0.6) is 0 Å². The Morgan fingerprint density at radius 2 is 2.29 bits per heavy atom. The summed E-state index contributed by atoms with van der Waals surface area (Å²) in [5.74, 6) is -0.530. The molecule has 2 unspecified atom stereocenters. The summed E-state index contributed by atoms with van der Waals surface area (Å²) in [6.45, 7) is 2.64. The third-order valence-corrected chi connectivity index (χ3v) is 3.94. The first-order chi connectivity index (χ1) is 10.1. The third-order valence-electron chi connectivity index (χ3n) is 3.94. The van der Waals surface area contributed by atoms with Crippen LogP contribution in [0.15, 0.2) is 23.1 Å². The number of carbonyl (C=O) groups excluding carboxylic acids is 1. The Kier molecular flexibility index (Phi) is 3.47.